The van der Waals surface area contributed by atoms with Crippen LogP contribution in [0.3, 0.4) is 0 Å². The number of rotatable bonds is 6. The number of nitrogens with one attached hydrogen (secondary N) is 1. The van der Waals surface area contributed by atoms with E-state index in [2.05, 4.69) is 14.7 Å². The van der Waals surface area contributed by atoms with Gasteiger partial charge in [0.25, 0.3) is 0 Å². The zero-order chi connectivity index (χ0) is 21.3. The van der Waals surface area contributed by atoms with Crippen molar-refractivity contribution < 1.29 is 17.5 Å². The zero-order valence-corrected chi connectivity index (χ0v) is 17.8. The summed E-state index contributed by atoms with van der Waals surface area (Å²) in [4.78, 5) is 11.0. The average molecular weight is 451 g/mol. The fourth-order valence-electron chi connectivity index (χ4n) is 3.29. The predicted molar refractivity (Wildman–Crippen MR) is 117 cm³/mol. The predicted octanol–water partition coefficient (Wildman–Crippen LogP) is 4.55. The summed E-state index contributed by atoms with van der Waals surface area (Å²) in [6, 6.07) is 7.79. The van der Waals surface area contributed by atoms with Crippen molar-refractivity contribution >= 4 is 45.2 Å². The van der Waals surface area contributed by atoms with E-state index in [-0.39, 0.29) is 22.2 Å². The van der Waals surface area contributed by atoms with E-state index in [1.807, 2.05) is 4.90 Å². The molecule has 0 bridgehead atoms. The Morgan fingerprint density at radius 3 is 2.93 bits per heavy atom. The Bertz CT molecular complexity index is 1150. The number of benzene rings is 2. The van der Waals surface area contributed by atoms with Gasteiger partial charge in [-0.3, -0.25) is 9.71 Å². The van der Waals surface area contributed by atoms with E-state index < -0.39 is 15.8 Å². The van der Waals surface area contributed by atoms with Gasteiger partial charge in [-0.1, -0.05) is 18.5 Å². The van der Waals surface area contributed by atoms with E-state index in [4.69, 9.17) is 16.3 Å². The van der Waals surface area contributed by atoms with Crippen LogP contribution >= 0.6 is 11.6 Å². The van der Waals surface area contributed by atoms with E-state index in [0.717, 1.165) is 42.7 Å². The lowest BCUT2D eigenvalue weighted by Crippen LogP contribution is -2.36. The topological polar surface area (TPSA) is 83.4 Å². The minimum atomic E-state index is -3.71. The normalized spacial score (nSPS) is 15.3. The van der Waals surface area contributed by atoms with Crippen LogP contribution in [0.1, 0.15) is 25.3 Å². The highest BCUT2D eigenvalue weighted by atomic mass is 35.5. The van der Waals surface area contributed by atoms with E-state index >= 15 is 0 Å². The minimum absolute atomic E-state index is 0.133. The Morgan fingerprint density at radius 1 is 1.30 bits per heavy atom. The van der Waals surface area contributed by atoms with Gasteiger partial charge < -0.3 is 9.64 Å². The van der Waals surface area contributed by atoms with E-state index in [0.29, 0.717) is 12.2 Å². The van der Waals surface area contributed by atoms with Gasteiger partial charge in [0.05, 0.1) is 17.8 Å². The number of nitrogens with zero attached hydrogens (tertiary/aromatic N) is 3. The molecule has 0 spiro atoms. The Kier molecular flexibility index (Phi) is 5.66. The summed E-state index contributed by atoms with van der Waals surface area (Å²) < 4.78 is 46.4. The molecule has 0 saturated heterocycles. The van der Waals surface area contributed by atoms with Gasteiger partial charge in [-0.2, -0.15) is 0 Å². The van der Waals surface area contributed by atoms with Crippen molar-refractivity contribution in [1.82, 2.24) is 4.90 Å². The molecule has 10 heteroatoms. The number of sulfonamides is 1. The second kappa shape index (κ2) is 8.23. The number of anilines is 1. The molecular weight excluding hydrogens is 431 g/mol. The van der Waals surface area contributed by atoms with Crippen molar-refractivity contribution in [3.8, 4) is 11.5 Å². The molecule has 1 N–H and O–H groups in total. The molecule has 2 aliphatic heterocycles. The van der Waals surface area contributed by atoms with Gasteiger partial charge in [0.2, 0.25) is 10.0 Å². The van der Waals surface area contributed by atoms with Crippen LogP contribution in [-0.4, -0.2) is 44.3 Å². The number of aliphatic imine (C=N–C) groups is 2. The summed E-state index contributed by atoms with van der Waals surface area (Å²) >= 11 is 6.28. The first-order chi connectivity index (χ1) is 14.4. The maximum atomic E-state index is 14.2. The number of ether oxygens (including phenoxy) is 1. The molecule has 2 heterocycles. The van der Waals surface area contributed by atoms with Gasteiger partial charge in [-0.05, 0) is 43.2 Å². The van der Waals surface area contributed by atoms with Gasteiger partial charge >= 0.3 is 0 Å². The molecule has 0 amide bonds. The smallest absolute Gasteiger partial charge is 0.232 e. The van der Waals surface area contributed by atoms with Crippen LogP contribution < -0.4 is 9.46 Å². The van der Waals surface area contributed by atoms with Crippen LogP contribution in [-0.2, 0) is 10.0 Å². The fourth-order valence-corrected chi connectivity index (χ4v) is 4.73. The molecule has 0 unspecified atom stereocenters. The van der Waals surface area contributed by atoms with Gasteiger partial charge in [0, 0.05) is 18.7 Å². The van der Waals surface area contributed by atoms with Crippen molar-refractivity contribution in [3.63, 3.8) is 0 Å². The largest absolute Gasteiger partial charge is 0.456 e. The number of amidine groups is 1. The van der Waals surface area contributed by atoms with Crippen molar-refractivity contribution in [3.05, 3.63) is 46.7 Å². The van der Waals surface area contributed by atoms with Gasteiger partial charge in [-0.25, -0.2) is 17.8 Å². The van der Waals surface area contributed by atoms with Crippen LogP contribution in [0, 0.1) is 5.82 Å². The summed E-state index contributed by atoms with van der Waals surface area (Å²) in [5.74, 6) is 0.496. The van der Waals surface area contributed by atoms with Gasteiger partial charge in [0.15, 0.2) is 0 Å². The molecule has 2 aromatic carbocycles. The second-order valence-corrected chi connectivity index (χ2v) is 9.15. The van der Waals surface area contributed by atoms with Crippen molar-refractivity contribution in [1.29, 1.82) is 0 Å². The summed E-state index contributed by atoms with van der Waals surface area (Å²) in [7, 11) is -3.71. The lowest BCUT2D eigenvalue weighted by molar-refractivity contribution is 0.481. The SMILES string of the molecule is CCCS(=O)(=O)Nc1c(F)ccc(Oc2ccc3c(c2)C2=NCCCN2C=N3)c1Cl. The number of fused-ring (bicyclic) bond motifs is 3. The highest BCUT2D eigenvalue weighted by molar-refractivity contribution is 7.92. The minimum Gasteiger partial charge on any atom is -0.456 e. The highest BCUT2D eigenvalue weighted by Gasteiger charge is 2.23. The highest BCUT2D eigenvalue weighted by Crippen LogP contribution is 2.39. The molecule has 0 aromatic heterocycles. The van der Waals surface area contributed by atoms with Crippen molar-refractivity contribution in [2.24, 2.45) is 9.98 Å². The maximum absolute atomic E-state index is 14.2. The van der Waals surface area contributed by atoms with Crippen molar-refractivity contribution in [2.75, 3.05) is 23.6 Å². The number of hydrogen-bond donors (Lipinski definition) is 1. The maximum Gasteiger partial charge on any atom is 0.232 e. The first kappa shape index (κ1) is 20.6. The molecule has 7 nitrogen and oxygen atoms in total. The van der Waals surface area contributed by atoms with Crippen LogP contribution in [0.15, 0.2) is 40.3 Å². The van der Waals surface area contributed by atoms with Crippen LogP contribution in [0.5, 0.6) is 11.5 Å². The molecule has 158 valence electrons. The Hall–Kier alpha value is -2.65. The third-order valence-corrected chi connectivity index (χ3v) is 6.49. The standard InChI is InChI=1S/C20H20ClFN4O3S/c1-2-10-30(27,28)25-19-15(22)5-7-17(18(19)21)29-13-4-6-16-14(11-13)20-23-8-3-9-26(20)12-24-16/h4-7,11-12,25H,2-3,8-10H2,1H3. The molecule has 0 radical (unpaired) electrons. The van der Waals surface area contributed by atoms with Crippen molar-refractivity contribution in [2.45, 2.75) is 19.8 Å². The average Bonchev–Trinajstić information content (AvgIpc) is 2.73. The van der Waals surface area contributed by atoms with E-state index in [9.17, 15) is 12.8 Å². The summed E-state index contributed by atoms with van der Waals surface area (Å²) in [6.07, 6.45) is 3.12. The third kappa shape index (κ3) is 4.13. The van der Waals surface area contributed by atoms with Crippen LogP contribution in [0.4, 0.5) is 15.8 Å². The lowest BCUT2D eigenvalue weighted by atomic mass is 10.1. The van der Waals surface area contributed by atoms with E-state index in [1.165, 1.54) is 6.07 Å². The van der Waals surface area contributed by atoms with E-state index in [1.54, 1.807) is 31.5 Å². The number of hydrogen-bond acceptors (Lipinski definition) is 6. The second-order valence-electron chi connectivity index (χ2n) is 6.93. The Labute approximate surface area is 179 Å². The summed E-state index contributed by atoms with van der Waals surface area (Å²) in [6.45, 7) is 3.31. The molecule has 4 rings (SSSR count). The van der Waals surface area contributed by atoms with Gasteiger partial charge in [0.1, 0.15) is 33.9 Å². The first-order valence-corrected chi connectivity index (χ1v) is 11.6. The fraction of sp³-hybridized carbons (Fsp3) is 0.300. The summed E-state index contributed by atoms with van der Waals surface area (Å²) in [5, 5.41) is -0.151. The Morgan fingerprint density at radius 2 is 2.13 bits per heavy atom. The molecule has 30 heavy (non-hydrogen) atoms. The molecule has 0 atom stereocenters. The zero-order valence-electron chi connectivity index (χ0n) is 16.2. The molecule has 0 aliphatic carbocycles. The lowest BCUT2D eigenvalue weighted by Gasteiger charge is -2.29. The molecule has 0 saturated carbocycles. The monoisotopic (exact) mass is 450 g/mol. The van der Waals surface area contributed by atoms with Gasteiger partial charge in [-0.15, -0.1) is 0 Å². The summed E-state index contributed by atoms with van der Waals surface area (Å²) in [5.41, 5.74) is 1.28. The molecular formula is C20H20ClFN4O3S. The molecule has 2 aromatic rings. The molecule has 2 aliphatic rings. The Balaban J connectivity index is 1.65. The number of halogens is 2. The quantitative estimate of drug-likeness (QED) is 0.699. The third-order valence-electron chi connectivity index (χ3n) is 4.65. The van der Waals surface area contributed by atoms with Crippen LogP contribution in [0.25, 0.3) is 0 Å². The first-order valence-electron chi connectivity index (χ1n) is 9.54. The van der Waals surface area contributed by atoms with Crippen LogP contribution in [0.2, 0.25) is 5.02 Å². The molecule has 0 fully saturated rings.